The lowest BCUT2D eigenvalue weighted by Gasteiger charge is -2.26. The minimum atomic E-state index is 0.225. The second-order valence-electron chi connectivity index (χ2n) is 5.10. The Morgan fingerprint density at radius 3 is 2.38 bits per heavy atom. The molecule has 1 saturated heterocycles. The number of hydrogen-bond donors (Lipinski definition) is 0. The molecule has 1 atom stereocenters. The Morgan fingerprint density at radius 1 is 1.46 bits per heavy atom. The Hall–Kier alpha value is -0.370. The average Bonchev–Trinajstić information content (AvgIpc) is 2.60. The lowest BCUT2D eigenvalue weighted by atomic mass is 10.0. The molecule has 1 aliphatic carbocycles. The third-order valence-corrected chi connectivity index (χ3v) is 3.63. The van der Waals surface area contributed by atoms with Crippen molar-refractivity contribution in [3.63, 3.8) is 0 Å². The summed E-state index contributed by atoms with van der Waals surface area (Å²) in [6.07, 6.45) is 3.82. The highest BCUT2D eigenvalue weighted by atomic mass is 16.1. The highest BCUT2D eigenvalue weighted by Gasteiger charge is 2.53. The zero-order valence-corrected chi connectivity index (χ0v) is 8.84. The maximum Gasteiger partial charge on any atom is 0.146 e. The third-order valence-electron chi connectivity index (χ3n) is 3.63. The number of carbonyl (C=O) groups excluding carboxylic acids is 1. The summed E-state index contributed by atoms with van der Waals surface area (Å²) in [6, 6.07) is 0.747. The summed E-state index contributed by atoms with van der Waals surface area (Å²) in [5.41, 5.74) is 0.556. The largest absolute Gasteiger partial charge is 0.298 e. The van der Waals surface area contributed by atoms with E-state index in [0.29, 0.717) is 17.2 Å². The van der Waals surface area contributed by atoms with Crippen molar-refractivity contribution in [2.45, 2.75) is 52.1 Å². The normalized spacial score (nSPS) is 31.5. The number of rotatable bonds is 2. The van der Waals surface area contributed by atoms with Crippen molar-refractivity contribution in [2.75, 3.05) is 6.54 Å². The molecule has 0 aromatic carbocycles. The zero-order chi connectivity index (χ0) is 9.64. The van der Waals surface area contributed by atoms with E-state index < -0.39 is 0 Å². The van der Waals surface area contributed by atoms with Crippen molar-refractivity contribution >= 4 is 5.78 Å². The lowest BCUT2D eigenvalue weighted by molar-refractivity contribution is -0.121. The molecular formula is C11H19NO. The van der Waals surface area contributed by atoms with Crippen molar-refractivity contribution in [1.29, 1.82) is 0 Å². The van der Waals surface area contributed by atoms with E-state index in [1.54, 1.807) is 6.92 Å². The molecule has 13 heavy (non-hydrogen) atoms. The number of Topliss-reactive ketones (excluding diaryl/α,β-unsaturated/α-hetero) is 1. The lowest BCUT2D eigenvalue weighted by Crippen LogP contribution is -2.39. The predicted molar refractivity (Wildman–Crippen MR) is 52.6 cm³/mol. The quantitative estimate of drug-likeness (QED) is 0.648. The van der Waals surface area contributed by atoms with E-state index in [9.17, 15) is 4.79 Å². The summed E-state index contributed by atoms with van der Waals surface area (Å²) in [5, 5.41) is 0. The van der Waals surface area contributed by atoms with Crippen LogP contribution in [0.2, 0.25) is 0 Å². The number of hydrogen-bond acceptors (Lipinski definition) is 2. The molecule has 0 amide bonds. The minimum absolute atomic E-state index is 0.225. The summed E-state index contributed by atoms with van der Waals surface area (Å²) < 4.78 is 0. The van der Waals surface area contributed by atoms with Crippen LogP contribution in [0.25, 0.3) is 0 Å². The van der Waals surface area contributed by atoms with Crippen LogP contribution in [0, 0.1) is 5.41 Å². The van der Waals surface area contributed by atoms with Gasteiger partial charge in [-0.15, -0.1) is 0 Å². The van der Waals surface area contributed by atoms with Crippen LogP contribution in [0.15, 0.2) is 0 Å². The van der Waals surface area contributed by atoms with Crippen LogP contribution in [0.1, 0.15) is 40.0 Å². The van der Waals surface area contributed by atoms with Crippen molar-refractivity contribution in [2.24, 2.45) is 5.41 Å². The van der Waals surface area contributed by atoms with Crippen LogP contribution in [0.4, 0.5) is 0 Å². The summed E-state index contributed by atoms with van der Waals surface area (Å²) >= 11 is 0. The molecule has 0 aromatic heterocycles. The van der Waals surface area contributed by atoms with Crippen molar-refractivity contribution < 1.29 is 4.79 Å². The van der Waals surface area contributed by atoms with E-state index in [0.717, 1.165) is 13.0 Å². The highest BCUT2D eigenvalue weighted by Crippen LogP contribution is 2.55. The van der Waals surface area contributed by atoms with Crippen LogP contribution in [0.5, 0.6) is 0 Å². The molecule has 1 unspecified atom stereocenters. The van der Waals surface area contributed by atoms with E-state index in [1.807, 2.05) is 0 Å². The molecule has 2 nitrogen and oxygen atoms in total. The van der Waals surface area contributed by atoms with Gasteiger partial charge in [0.05, 0.1) is 6.04 Å². The first-order valence-electron chi connectivity index (χ1n) is 5.30. The number of carbonyl (C=O) groups is 1. The van der Waals surface area contributed by atoms with Gasteiger partial charge in [0, 0.05) is 12.6 Å². The zero-order valence-electron chi connectivity index (χ0n) is 8.84. The van der Waals surface area contributed by atoms with E-state index >= 15 is 0 Å². The topological polar surface area (TPSA) is 20.3 Å². The molecule has 2 heteroatoms. The summed E-state index contributed by atoms with van der Waals surface area (Å²) in [5.74, 6) is 0.359. The smallest absolute Gasteiger partial charge is 0.146 e. The fraction of sp³-hybridized carbons (Fsp3) is 0.909. The molecule has 1 aliphatic heterocycles. The molecule has 2 rings (SSSR count). The van der Waals surface area contributed by atoms with Crippen molar-refractivity contribution in [3.05, 3.63) is 0 Å². The van der Waals surface area contributed by atoms with Gasteiger partial charge in [-0.25, -0.2) is 0 Å². The fourth-order valence-electron chi connectivity index (χ4n) is 2.55. The molecule has 1 spiro atoms. The van der Waals surface area contributed by atoms with Gasteiger partial charge in [-0.3, -0.25) is 9.69 Å². The minimum Gasteiger partial charge on any atom is -0.298 e. The van der Waals surface area contributed by atoms with Crippen LogP contribution >= 0.6 is 0 Å². The van der Waals surface area contributed by atoms with Gasteiger partial charge in [0.1, 0.15) is 5.78 Å². The predicted octanol–water partition coefficient (Wildman–Crippen LogP) is 1.84. The SMILES string of the molecule is CC(=O)C1CC2(CC2)CN1C(C)C. The molecule has 74 valence electrons. The van der Waals surface area contributed by atoms with Gasteiger partial charge in [-0.1, -0.05) is 0 Å². The van der Waals surface area contributed by atoms with E-state index in [1.165, 1.54) is 12.8 Å². The Kier molecular flexibility index (Phi) is 1.99. The Morgan fingerprint density at radius 2 is 2.08 bits per heavy atom. The molecular weight excluding hydrogens is 162 g/mol. The van der Waals surface area contributed by atoms with Gasteiger partial charge < -0.3 is 0 Å². The summed E-state index contributed by atoms with van der Waals surface area (Å²) in [6.45, 7) is 7.28. The highest BCUT2D eigenvalue weighted by molar-refractivity contribution is 5.82. The Balaban J connectivity index is 2.11. The fourth-order valence-corrected chi connectivity index (χ4v) is 2.55. The second kappa shape index (κ2) is 2.81. The number of ketones is 1. The molecule has 0 aromatic rings. The molecule has 0 bridgehead atoms. The number of nitrogens with zero attached hydrogens (tertiary/aromatic N) is 1. The maximum absolute atomic E-state index is 11.4. The summed E-state index contributed by atoms with van der Waals surface area (Å²) in [4.78, 5) is 13.8. The second-order valence-corrected chi connectivity index (χ2v) is 5.10. The average molecular weight is 181 g/mol. The maximum atomic E-state index is 11.4. The van der Waals surface area contributed by atoms with E-state index in [4.69, 9.17) is 0 Å². The van der Waals surface area contributed by atoms with Gasteiger partial charge in [-0.05, 0) is 45.4 Å². The first-order chi connectivity index (χ1) is 6.04. The van der Waals surface area contributed by atoms with Gasteiger partial charge in [0.15, 0.2) is 0 Å². The van der Waals surface area contributed by atoms with Crippen LogP contribution in [-0.4, -0.2) is 29.3 Å². The molecule has 1 heterocycles. The van der Waals surface area contributed by atoms with Crippen LogP contribution < -0.4 is 0 Å². The first kappa shape index (κ1) is 9.20. The van der Waals surface area contributed by atoms with Gasteiger partial charge in [-0.2, -0.15) is 0 Å². The van der Waals surface area contributed by atoms with Gasteiger partial charge in [0.25, 0.3) is 0 Å². The Bertz CT molecular complexity index is 230. The molecule has 0 N–H and O–H groups in total. The molecule has 2 aliphatic rings. The molecule has 0 radical (unpaired) electrons. The van der Waals surface area contributed by atoms with Crippen LogP contribution in [0.3, 0.4) is 0 Å². The van der Waals surface area contributed by atoms with Gasteiger partial charge in [0.2, 0.25) is 0 Å². The standard InChI is InChI=1S/C11H19NO/c1-8(2)12-7-11(4-5-11)6-10(12)9(3)13/h8,10H,4-7H2,1-3H3. The number of likely N-dealkylation sites (tertiary alicyclic amines) is 1. The van der Waals surface area contributed by atoms with Gasteiger partial charge >= 0.3 is 0 Å². The Labute approximate surface area is 80.3 Å². The van der Waals surface area contributed by atoms with E-state index in [-0.39, 0.29) is 6.04 Å². The van der Waals surface area contributed by atoms with Crippen LogP contribution in [-0.2, 0) is 4.79 Å². The summed E-state index contributed by atoms with van der Waals surface area (Å²) in [7, 11) is 0. The first-order valence-corrected chi connectivity index (χ1v) is 5.30. The third kappa shape index (κ3) is 1.52. The molecule has 2 fully saturated rings. The molecule has 1 saturated carbocycles. The monoisotopic (exact) mass is 181 g/mol. The van der Waals surface area contributed by atoms with Crippen molar-refractivity contribution in [3.8, 4) is 0 Å². The van der Waals surface area contributed by atoms with E-state index in [2.05, 4.69) is 18.7 Å². The van der Waals surface area contributed by atoms with Crippen molar-refractivity contribution in [1.82, 2.24) is 4.90 Å².